The fourth-order valence-electron chi connectivity index (χ4n) is 4.17. The highest BCUT2D eigenvalue weighted by Gasteiger charge is 2.44. The number of aromatic nitrogens is 7. The second kappa shape index (κ2) is 9.81. The lowest BCUT2D eigenvalue weighted by Crippen LogP contribution is -2.56. The van der Waals surface area contributed by atoms with Gasteiger partial charge in [0.05, 0.1) is 24.6 Å². The summed E-state index contributed by atoms with van der Waals surface area (Å²) in [5, 5.41) is 65.8. The van der Waals surface area contributed by atoms with Gasteiger partial charge in [0, 0.05) is 41.1 Å². The van der Waals surface area contributed by atoms with Gasteiger partial charge in [0.15, 0.2) is 17.7 Å². The average Bonchev–Trinajstić information content (AvgIpc) is 3.54. The molecule has 14 heteroatoms. The van der Waals surface area contributed by atoms with Crippen molar-refractivity contribution in [3.8, 4) is 23.1 Å². The average molecular weight is 508 g/mol. The molecule has 5 atom stereocenters. The molecule has 1 saturated heterocycles. The Morgan fingerprint density at radius 3 is 2.65 bits per heavy atom. The summed E-state index contributed by atoms with van der Waals surface area (Å²) in [5.74, 6) is 0.487. The Morgan fingerprint density at radius 2 is 1.92 bits per heavy atom. The standard InChI is InChI=1S/C23H25N9O5/c1-11(2)28-15-4-18(32-22-13(7-27-32)3-12(5-24)6-26-22)25-8-14(15)16-9-31(30-29-16)23-21(36)20(35)19(34)17(10-33)37-23/h3-4,6-9,11,17,19-21,23,33-36H,10H2,1-2H3,(H,25,28)/t17-,19?,20+,21-,23-/m1/s1. The fourth-order valence-corrected chi connectivity index (χ4v) is 4.17. The molecule has 0 spiro atoms. The van der Waals surface area contributed by atoms with E-state index in [1.54, 1.807) is 29.2 Å². The van der Waals surface area contributed by atoms with Gasteiger partial charge in [0.25, 0.3) is 0 Å². The van der Waals surface area contributed by atoms with Gasteiger partial charge in [-0.15, -0.1) is 5.10 Å². The minimum Gasteiger partial charge on any atom is -0.394 e. The van der Waals surface area contributed by atoms with Crippen molar-refractivity contribution in [3.05, 3.63) is 42.5 Å². The van der Waals surface area contributed by atoms with E-state index in [2.05, 4.69) is 36.8 Å². The first kappa shape index (κ1) is 24.7. The zero-order valence-corrected chi connectivity index (χ0v) is 19.9. The normalized spacial score (nSPS) is 23.9. The smallest absolute Gasteiger partial charge is 0.180 e. The lowest BCUT2D eigenvalue weighted by molar-refractivity contribution is -0.254. The summed E-state index contributed by atoms with van der Waals surface area (Å²) in [7, 11) is 0. The number of anilines is 1. The molecule has 5 N–H and O–H groups in total. The van der Waals surface area contributed by atoms with Crippen LogP contribution < -0.4 is 5.32 Å². The topological polar surface area (TPSA) is 200 Å². The molecule has 37 heavy (non-hydrogen) atoms. The van der Waals surface area contributed by atoms with Gasteiger partial charge >= 0.3 is 0 Å². The third kappa shape index (κ3) is 4.50. The molecular weight excluding hydrogens is 482 g/mol. The molecule has 4 aromatic heterocycles. The summed E-state index contributed by atoms with van der Waals surface area (Å²) in [6.45, 7) is 3.40. The van der Waals surface area contributed by atoms with Crippen molar-refractivity contribution in [2.24, 2.45) is 0 Å². The third-order valence-corrected chi connectivity index (χ3v) is 6.00. The number of nitrogens with one attached hydrogen (secondary N) is 1. The number of nitrogens with zero attached hydrogens (tertiary/aromatic N) is 8. The quantitative estimate of drug-likeness (QED) is 0.229. The molecule has 1 unspecified atom stereocenters. The number of ether oxygens (including phenoxy) is 1. The van der Waals surface area contributed by atoms with E-state index in [9.17, 15) is 20.4 Å². The highest BCUT2D eigenvalue weighted by molar-refractivity contribution is 5.79. The van der Waals surface area contributed by atoms with Crippen molar-refractivity contribution in [2.75, 3.05) is 11.9 Å². The molecule has 1 fully saturated rings. The molecule has 0 aliphatic carbocycles. The molecule has 0 bridgehead atoms. The van der Waals surface area contributed by atoms with Crippen LogP contribution in [0.3, 0.4) is 0 Å². The number of aliphatic hydroxyl groups is 4. The van der Waals surface area contributed by atoms with E-state index in [-0.39, 0.29) is 6.04 Å². The number of hydrogen-bond acceptors (Lipinski definition) is 12. The maximum Gasteiger partial charge on any atom is 0.180 e. The zero-order chi connectivity index (χ0) is 26.3. The molecule has 0 saturated carbocycles. The molecule has 5 heterocycles. The van der Waals surface area contributed by atoms with Crippen molar-refractivity contribution in [2.45, 2.75) is 50.5 Å². The van der Waals surface area contributed by atoms with Gasteiger partial charge in [-0.05, 0) is 19.9 Å². The summed E-state index contributed by atoms with van der Waals surface area (Å²) >= 11 is 0. The molecule has 0 aromatic carbocycles. The van der Waals surface area contributed by atoms with Gasteiger partial charge in [0.1, 0.15) is 36.2 Å². The Balaban J connectivity index is 1.50. The first-order chi connectivity index (χ1) is 17.8. The number of pyridine rings is 2. The largest absolute Gasteiger partial charge is 0.394 e. The molecule has 4 aromatic rings. The molecular formula is C23H25N9O5. The predicted molar refractivity (Wildman–Crippen MR) is 128 cm³/mol. The number of fused-ring (bicyclic) bond motifs is 1. The summed E-state index contributed by atoms with van der Waals surface area (Å²) in [6, 6.07) is 5.60. The molecule has 192 valence electrons. The van der Waals surface area contributed by atoms with Gasteiger partial charge < -0.3 is 30.5 Å². The Bertz CT molecular complexity index is 1460. The maximum atomic E-state index is 10.4. The summed E-state index contributed by atoms with van der Waals surface area (Å²) in [6.07, 6.45) is -0.561. The lowest BCUT2D eigenvalue weighted by atomic mass is 9.98. The van der Waals surface area contributed by atoms with Gasteiger partial charge in [0.2, 0.25) is 0 Å². The van der Waals surface area contributed by atoms with Crippen LogP contribution >= 0.6 is 0 Å². The van der Waals surface area contributed by atoms with Crippen LogP contribution in [-0.2, 0) is 4.74 Å². The van der Waals surface area contributed by atoms with Crippen LogP contribution in [-0.4, -0.2) is 92.2 Å². The van der Waals surface area contributed by atoms with Gasteiger partial charge in [-0.3, -0.25) is 0 Å². The van der Waals surface area contributed by atoms with Crippen LogP contribution in [0.5, 0.6) is 0 Å². The van der Waals surface area contributed by atoms with Crippen LogP contribution in [0.15, 0.2) is 36.9 Å². The predicted octanol–water partition coefficient (Wildman–Crippen LogP) is -0.262. The Kier molecular flexibility index (Phi) is 6.54. The number of hydrogen-bond donors (Lipinski definition) is 5. The minimum atomic E-state index is -1.54. The zero-order valence-electron chi connectivity index (χ0n) is 19.9. The van der Waals surface area contributed by atoms with Crippen molar-refractivity contribution < 1.29 is 25.2 Å². The summed E-state index contributed by atoms with van der Waals surface area (Å²) < 4.78 is 8.36. The molecule has 1 aliphatic rings. The van der Waals surface area contributed by atoms with E-state index in [0.717, 1.165) is 0 Å². The van der Waals surface area contributed by atoms with Crippen molar-refractivity contribution in [1.29, 1.82) is 5.26 Å². The van der Waals surface area contributed by atoms with Crippen molar-refractivity contribution in [3.63, 3.8) is 0 Å². The maximum absolute atomic E-state index is 10.4. The van der Waals surface area contributed by atoms with E-state index >= 15 is 0 Å². The van der Waals surface area contributed by atoms with Gasteiger partial charge in [-0.25, -0.2) is 14.6 Å². The van der Waals surface area contributed by atoms with E-state index in [0.29, 0.717) is 39.4 Å². The molecule has 5 rings (SSSR count). The van der Waals surface area contributed by atoms with Crippen molar-refractivity contribution in [1.82, 2.24) is 34.7 Å². The minimum absolute atomic E-state index is 0.0557. The van der Waals surface area contributed by atoms with Crippen molar-refractivity contribution >= 4 is 16.7 Å². The first-order valence-electron chi connectivity index (χ1n) is 11.5. The second-order valence-electron chi connectivity index (χ2n) is 9.00. The van der Waals surface area contributed by atoms with E-state index in [1.165, 1.54) is 17.1 Å². The number of rotatable bonds is 6. The lowest BCUT2D eigenvalue weighted by Gasteiger charge is -2.39. The number of aliphatic hydroxyl groups excluding tert-OH is 4. The Morgan fingerprint density at radius 1 is 1.11 bits per heavy atom. The first-order valence-corrected chi connectivity index (χ1v) is 11.5. The van der Waals surface area contributed by atoms with E-state index in [1.807, 2.05) is 13.8 Å². The highest BCUT2D eigenvalue weighted by atomic mass is 16.6. The fraction of sp³-hybridized carbons (Fsp3) is 0.391. The van der Waals surface area contributed by atoms with E-state index in [4.69, 9.17) is 10.00 Å². The molecule has 1 aliphatic heterocycles. The van der Waals surface area contributed by atoms with E-state index < -0.39 is 37.3 Å². The molecule has 0 amide bonds. The summed E-state index contributed by atoms with van der Waals surface area (Å²) in [5.41, 5.74) is 2.66. The Hall–Kier alpha value is -4.00. The van der Waals surface area contributed by atoms with Crippen LogP contribution in [0.4, 0.5) is 5.69 Å². The molecule has 0 radical (unpaired) electrons. The number of nitriles is 1. The Labute approximate surface area is 210 Å². The van der Waals surface area contributed by atoms with Crippen LogP contribution in [0, 0.1) is 11.3 Å². The highest BCUT2D eigenvalue weighted by Crippen LogP contribution is 2.32. The third-order valence-electron chi connectivity index (χ3n) is 6.00. The van der Waals surface area contributed by atoms with Gasteiger partial charge in [-0.2, -0.15) is 15.0 Å². The van der Waals surface area contributed by atoms with Crippen LogP contribution in [0.2, 0.25) is 0 Å². The van der Waals surface area contributed by atoms with Crippen LogP contribution in [0.1, 0.15) is 25.6 Å². The SMILES string of the molecule is CC(C)Nc1cc(-n2ncc3cc(C#N)cnc32)ncc1-c1cn([C@@H]2O[C@H](CO)C(O)[C@H](O)[C@H]2O)nn1. The second-order valence-corrected chi connectivity index (χ2v) is 9.00. The summed E-state index contributed by atoms with van der Waals surface area (Å²) in [4.78, 5) is 8.88. The monoisotopic (exact) mass is 507 g/mol. The molecule has 14 nitrogen and oxygen atoms in total. The van der Waals surface area contributed by atoms with Crippen LogP contribution in [0.25, 0.3) is 28.1 Å². The van der Waals surface area contributed by atoms with Gasteiger partial charge in [-0.1, -0.05) is 5.21 Å².